The van der Waals surface area contributed by atoms with Crippen LogP contribution in [0.1, 0.15) is 28.5 Å². The molecule has 6 heteroatoms. The zero-order chi connectivity index (χ0) is 11.9. The van der Waals surface area contributed by atoms with Crippen molar-refractivity contribution < 1.29 is 9.90 Å². The van der Waals surface area contributed by atoms with E-state index in [-0.39, 0.29) is 5.69 Å². The number of nitrogens with zero attached hydrogens (tertiary/aromatic N) is 3. The van der Waals surface area contributed by atoms with E-state index in [0.29, 0.717) is 10.4 Å². The summed E-state index contributed by atoms with van der Waals surface area (Å²) in [5, 5.41) is 13.4. The molecule has 1 atom stereocenters. The lowest BCUT2D eigenvalue weighted by Crippen LogP contribution is -2.13. The molecule has 1 aliphatic heterocycles. The molecule has 0 radical (unpaired) electrons. The fourth-order valence-corrected chi connectivity index (χ4v) is 3.00. The van der Waals surface area contributed by atoms with Gasteiger partial charge in [0.15, 0.2) is 5.69 Å². The van der Waals surface area contributed by atoms with Crippen LogP contribution in [0, 0.1) is 0 Å². The number of likely N-dealkylation sites (N-methyl/N-ethyl adjacent to an activating group) is 1. The van der Waals surface area contributed by atoms with Gasteiger partial charge in [0.2, 0.25) is 0 Å². The molecule has 0 aliphatic carbocycles. The molecule has 1 unspecified atom stereocenters. The Bertz CT molecular complexity index is 430. The first-order valence-corrected chi connectivity index (χ1v) is 5.94. The maximum atomic E-state index is 11.0. The van der Waals surface area contributed by atoms with Crippen LogP contribution >= 0.6 is 15.9 Å². The van der Waals surface area contributed by atoms with E-state index in [9.17, 15) is 4.79 Å². The lowest BCUT2D eigenvalue weighted by atomic mass is 10.1. The Morgan fingerprint density at radius 3 is 2.69 bits per heavy atom. The summed E-state index contributed by atoms with van der Waals surface area (Å²) < 4.78 is 2.06. The van der Waals surface area contributed by atoms with Crippen LogP contribution in [0.4, 0.5) is 0 Å². The Morgan fingerprint density at radius 1 is 1.56 bits per heavy atom. The van der Waals surface area contributed by atoms with Crippen molar-refractivity contribution >= 4 is 21.9 Å². The van der Waals surface area contributed by atoms with Crippen molar-refractivity contribution in [2.45, 2.75) is 12.3 Å². The molecule has 0 bridgehead atoms. The van der Waals surface area contributed by atoms with Gasteiger partial charge < -0.3 is 10.0 Å². The summed E-state index contributed by atoms with van der Waals surface area (Å²) in [6.45, 7) is 1.98. The highest BCUT2D eigenvalue weighted by Crippen LogP contribution is 2.32. The van der Waals surface area contributed by atoms with Crippen LogP contribution in [0.2, 0.25) is 0 Å². The topological polar surface area (TPSA) is 58.4 Å². The quantitative estimate of drug-likeness (QED) is 0.891. The van der Waals surface area contributed by atoms with E-state index >= 15 is 0 Å². The van der Waals surface area contributed by atoms with Gasteiger partial charge in [0, 0.05) is 19.5 Å². The number of hydrogen-bond donors (Lipinski definition) is 1. The Morgan fingerprint density at radius 2 is 2.25 bits per heavy atom. The van der Waals surface area contributed by atoms with Gasteiger partial charge in [-0.05, 0) is 35.9 Å². The van der Waals surface area contributed by atoms with Crippen LogP contribution in [0.15, 0.2) is 4.47 Å². The Kier molecular flexibility index (Phi) is 3.03. The summed E-state index contributed by atoms with van der Waals surface area (Å²) in [6.07, 6.45) is 1.03. The third-order valence-electron chi connectivity index (χ3n) is 2.99. The van der Waals surface area contributed by atoms with Gasteiger partial charge in [0.25, 0.3) is 0 Å². The number of rotatable bonds is 2. The predicted octanol–water partition coefficient (Wildman–Crippen LogP) is 1.30. The van der Waals surface area contributed by atoms with Crippen molar-refractivity contribution in [3.8, 4) is 0 Å². The number of hydrogen-bond acceptors (Lipinski definition) is 3. The Labute approximate surface area is 102 Å². The molecule has 0 amide bonds. The molecule has 16 heavy (non-hydrogen) atoms. The van der Waals surface area contributed by atoms with Gasteiger partial charge in [-0.1, -0.05) is 0 Å². The summed E-state index contributed by atoms with van der Waals surface area (Å²) in [5.41, 5.74) is 1.09. The van der Waals surface area contributed by atoms with E-state index in [2.05, 4.69) is 33.0 Å². The summed E-state index contributed by atoms with van der Waals surface area (Å²) in [6, 6.07) is 0. The zero-order valence-electron chi connectivity index (χ0n) is 9.27. The van der Waals surface area contributed by atoms with Crippen molar-refractivity contribution in [2.24, 2.45) is 7.05 Å². The fourth-order valence-electron chi connectivity index (χ4n) is 2.17. The van der Waals surface area contributed by atoms with Gasteiger partial charge in [-0.15, -0.1) is 0 Å². The van der Waals surface area contributed by atoms with E-state index < -0.39 is 5.97 Å². The average Bonchev–Trinajstić information content (AvgIpc) is 2.70. The van der Waals surface area contributed by atoms with E-state index in [4.69, 9.17) is 5.11 Å². The van der Waals surface area contributed by atoms with Crippen LogP contribution < -0.4 is 0 Å². The molecule has 0 spiro atoms. The summed E-state index contributed by atoms with van der Waals surface area (Å²) in [7, 11) is 3.73. The van der Waals surface area contributed by atoms with Crippen LogP contribution in [0.5, 0.6) is 0 Å². The second-order valence-electron chi connectivity index (χ2n) is 4.22. The molecular formula is C10H14BrN3O2. The van der Waals surface area contributed by atoms with Gasteiger partial charge in [-0.25, -0.2) is 4.79 Å². The normalized spacial score (nSPS) is 21.6. The highest BCUT2D eigenvalue weighted by atomic mass is 79.9. The Balaban J connectivity index is 2.36. The molecule has 1 aliphatic rings. The maximum Gasteiger partial charge on any atom is 0.355 e. The number of aromatic nitrogens is 2. The van der Waals surface area contributed by atoms with E-state index in [1.165, 1.54) is 4.68 Å². The van der Waals surface area contributed by atoms with Crippen molar-refractivity contribution in [2.75, 3.05) is 20.1 Å². The second kappa shape index (κ2) is 4.18. The van der Waals surface area contributed by atoms with Crippen molar-refractivity contribution in [3.63, 3.8) is 0 Å². The van der Waals surface area contributed by atoms with E-state index in [0.717, 1.165) is 25.2 Å². The first kappa shape index (κ1) is 11.6. The summed E-state index contributed by atoms with van der Waals surface area (Å²) >= 11 is 3.35. The number of carboxylic acids is 1. The van der Waals surface area contributed by atoms with Crippen LogP contribution in [-0.2, 0) is 7.05 Å². The summed E-state index contributed by atoms with van der Waals surface area (Å²) in [4.78, 5) is 13.3. The van der Waals surface area contributed by atoms with Crippen molar-refractivity contribution in [3.05, 3.63) is 15.9 Å². The maximum absolute atomic E-state index is 11.0. The molecule has 1 saturated heterocycles. The van der Waals surface area contributed by atoms with Gasteiger partial charge >= 0.3 is 5.97 Å². The lowest BCUT2D eigenvalue weighted by molar-refractivity contribution is 0.0684. The Hall–Kier alpha value is -0.880. The lowest BCUT2D eigenvalue weighted by Gasteiger charge is -2.07. The molecular weight excluding hydrogens is 274 g/mol. The standard InChI is InChI=1S/C10H14BrN3O2/c1-13-4-3-6(5-13)8-7(11)9(10(15)16)14(2)12-8/h6H,3-5H2,1-2H3,(H,15,16). The smallest absolute Gasteiger partial charge is 0.355 e. The number of likely N-dealkylation sites (tertiary alicyclic amines) is 1. The molecule has 0 aromatic carbocycles. The van der Waals surface area contributed by atoms with Crippen LogP contribution in [0.3, 0.4) is 0 Å². The van der Waals surface area contributed by atoms with E-state index in [1.807, 2.05) is 0 Å². The minimum atomic E-state index is -0.945. The first-order valence-electron chi connectivity index (χ1n) is 5.15. The van der Waals surface area contributed by atoms with Gasteiger partial charge in [-0.3, -0.25) is 4.68 Å². The number of halogens is 1. The number of carboxylic acid groups (broad SMARTS) is 1. The third-order valence-corrected chi connectivity index (χ3v) is 3.78. The average molecular weight is 288 g/mol. The molecule has 1 N–H and O–H groups in total. The van der Waals surface area contributed by atoms with E-state index in [1.54, 1.807) is 7.05 Å². The molecule has 0 saturated carbocycles. The monoisotopic (exact) mass is 287 g/mol. The molecule has 88 valence electrons. The number of carbonyl (C=O) groups is 1. The predicted molar refractivity (Wildman–Crippen MR) is 62.7 cm³/mol. The minimum Gasteiger partial charge on any atom is -0.476 e. The zero-order valence-corrected chi connectivity index (χ0v) is 10.9. The van der Waals surface area contributed by atoms with Crippen LogP contribution in [0.25, 0.3) is 0 Å². The SMILES string of the molecule is CN1CCC(c2nn(C)c(C(=O)O)c2Br)C1. The van der Waals surface area contributed by atoms with Gasteiger partial charge in [-0.2, -0.15) is 5.10 Å². The van der Waals surface area contributed by atoms with Crippen molar-refractivity contribution in [1.82, 2.24) is 14.7 Å². The minimum absolute atomic E-state index is 0.226. The molecule has 2 rings (SSSR count). The molecule has 5 nitrogen and oxygen atoms in total. The molecule has 1 aromatic rings. The van der Waals surface area contributed by atoms with Crippen LogP contribution in [-0.4, -0.2) is 45.9 Å². The third kappa shape index (κ3) is 1.87. The number of aryl methyl sites for hydroxylation is 1. The first-order chi connectivity index (χ1) is 7.50. The molecule has 2 heterocycles. The molecule has 1 aromatic heterocycles. The highest BCUT2D eigenvalue weighted by molar-refractivity contribution is 9.10. The molecule has 1 fully saturated rings. The largest absolute Gasteiger partial charge is 0.476 e. The summed E-state index contributed by atoms with van der Waals surface area (Å²) in [5.74, 6) is -0.613. The highest BCUT2D eigenvalue weighted by Gasteiger charge is 2.29. The van der Waals surface area contributed by atoms with Gasteiger partial charge in [0.05, 0.1) is 10.2 Å². The van der Waals surface area contributed by atoms with Gasteiger partial charge in [0.1, 0.15) is 0 Å². The fraction of sp³-hybridized carbons (Fsp3) is 0.600. The number of aromatic carboxylic acids is 1. The second-order valence-corrected chi connectivity index (χ2v) is 5.02. The van der Waals surface area contributed by atoms with Crippen molar-refractivity contribution in [1.29, 1.82) is 0 Å².